The highest BCUT2D eigenvalue weighted by atomic mass is 35.5. The second-order valence-electron chi connectivity index (χ2n) is 4.46. The lowest BCUT2D eigenvalue weighted by Gasteiger charge is -2.12. The maximum absolute atomic E-state index is 12.1. The van der Waals surface area contributed by atoms with Crippen molar-refractivity contribution in [2.24, 2.45) is 5.92 Å². The van der Waals surface area contributed by atoms with Crippen LogP contribution in [0.1, 0.15) is 18.9 Å². The van der Waals surface area contributed by atoms with Crippen molar-refractivity contribution in [3.63, 3.8) is 0 Å². The molecule has 0 fully saturated rings. The van der Waals surface area contributed by atoms with Crippen molar-refractivity contribution in [3.8, 4) is 0 Å². The Hall–Kier alpha value is -1.11. The zero-order valence-corrected chi connectivity index (χ0v) is 12.3. The summed E-state index contributed by atoms with van der Waals surface area (Å²) in [4.78, 5) is 10.6. The number of carboxylic acids is 1. The number of rotatable bonds is 6. The molecule has 0 heterocycles. The van der Waals surface area contributed by atoms with Crippen LogP contribution in [0.3, 0.4) is 0 Å². The van der Waals surface area contributed by atoms with Gasteiger partial charge in [-0.25, -0.2) is 13.1 Å². The second-order valence-corrected chi connectivity index (χ2v) is 6.64. The Morgan fingerprint density at radius 1 is 1.47 bits per heavy atom. The van der Waals surface area contributed by atoms with E-state index in [0.29, 0.717) is 10.6 Å². The first-order valence-corrected chi connectivity index (χ1v) is 7.56. The van der Waals surface area contributed by atoms with Crippen LogP contribution >= 0.6 is 11.6 Å². The van der Waals surface area contributed by atoms with Crippen molar-refractivity contribution in [1.82, 2.24) is 4.72 Å². The molecule has 5 nitrogen and oxygen atoms in total. The van der Waals surface area contributed by atoms with E-state index in [1.807, 2.05) is 0 Å². The molecule has 2 N–H and O–H groups in total. The summed E-state index contributed by atoms with van der Waals surface area (Å²) >= 11 is 5.78. The Bertz CT molecular complexity index is 571. The lowest BCUT2D eigenvalue weighted by molar-refractivity contribution is -0.137. The average molecular weight is 306 g/mol. The van der Waals surface area contributed by atoms with Gasteiger partial charge in [0.2, 0.25) is 10.0 Å². The Morgan fingerprint density at radius 2 is 2.11 bits per heavy atom. The molecule has 0 spiro atoms. The number of hydrogen-bond donors (Lipinski definition) is 2. The van der Waals surface area contributed by atoms with Crippen molar-refractivity contribution < 1.29 is 18.3 Å². The first kappa shape index (κ1) is 15.9. The fourth-order valence-electron chi connectivity index (χ4n) is 1.56. The minimum absolute atomic E-state index is 0.0700. The lowest BCUT2D eigenvalue weighted by atomic mass is 10.1. The molecule has 1 aromatic carbocycles. The molecule has 0 radical (unpaired) electrons. The van der Waals surface area contributed by atoms with Crippen molar-refractivity contribution in [2.45, 2.75) is 25.2 Å². The monoisotopic (exact) mass is 305 g/mol. The molecule has 0 aliphatic heterocycles. The van der Waals surface area contributed by atoms with E-state index in [4.69, 9.17) is 16.7 Å². The van der Waals surface area contributed by atoms with E-state index in [1.54, 1.807) is 26.0 Å². The van der Waals surface area contributed by atoms with Crippen LogP contribution in [0.2, 0.25) is 5.02 Å². The zero-order chi connectivity index (χ0) is 14.6. The zero-order valence-electron chi connectivity index (χ0n) is 10.7. The van der Waals surface area contributed by atoms with Crippen LogP contribution in [0.5, 0.6) is 0 Å². The molecule has 1 unspecified atom stereocenters. The van der Waals surface area contributed by atoms with Crippen LogP contribution in [0.25, 0.3) is 0 Å². The number of hydrogen-bond acceptors (Lipinski definition) is 3. The molecule has 0 aliphatic carbocycles. The van der Waals surface area contributed by atoms with Gasteiger partial charge in [0.1, 0.15) is 0 Å². The summed E-state index contributed by atoms with van der Waals surface area (Å²) in [6, 6.07) is 4.61. The molecule has 19 heavy (non-hydrogen) atoms. The van der Waals surface area contributed by atoms with Crippen molar-refractivity contribution in [1.29, 1.82) is 0 Å². The van der Waals surface area contributed by atoms with Crippen LogP contribution in [0.15, 0.2) is 23.1 Å². The fraction of sp³-hybridized carbons (Fsp3) is 0.417. The van der Waals surface area contributed by atoms with Crippen LogP contribution < -0.4 is 4.72 Å². The first-order chi connectivity index (χ1) is 8.72. The number of halogens is 1. The summed E-state index contributed by atoms with van der Waals surface area (Å²) in [7, 11) is -3.67. The number of benzene rings is 1. The molecule has 0 aromatic heterocycles. The highest BCUT2D eigenvalue weighted by Gasteiger charge is 2.18. The molecule has 0 saturated carbocycles. The predicted octanol–water partition coefficient (Wildman–Crippen LogP) is 2.04. The van der Waals surface area contributed by atoms with Gasteiger partial charge >= 0.3 is 5.97 Å². The first-order valence-electron chi connectivity index (χ1n) is 5.70. The summed E-state index contributed by atoms with van der Waals surface area (Å²) in [6.45, 7) is 3.41. The SMILES string of the molecule is Cc1ccc(Cl)cc1S(=O)(=O)NCC(C)CC(=O)O. The third kappa shape index (κ3) is 4.81. The summed E-state index contributed by atoms with van der Waals surface area (Å²) < 4.78 is 26.6. The molecule has 1 atom stereocenters. The number of nitrogens with one attached hydrogen (secondary N) is 1. The number of carbonyl (C=O) groups is 1. The maximum Gasteiger partial charge on any atom is 0.303 e. The van der Waals surface area contributed by atoms with E-state index < -0.39 is 16.0 Å². The van der Waals surface area contributed by atoms with E-state index >= 15 is 0 Å². The van der Waals surface area contributed by atoms with Crippen molar-refractivity contribution in [2.75, 3.05) is 6.54 Å². The van der Waals surface area contributed by atoms with E-state index in [-0.39, 0.29) is 23.8 Å². The van der Waals surface area contributed by atoms with Crippen LogP contribution in [0.4, 0.5) is 0 Å². The van der Waals surface area contributed by atoms with Crippen LogP contribution in [-0.4, -0.2) is 26.0 Å². The van der Waals surface area contributed by atoms with Gasteiger partial charge in [0.25, 0.3) is 0 Å². The molecule has 7 heteroatoms. The summed E-state index contributed by atoms with van der Waals surface area (Å²) in [5, 5.41) is 8.95. The van der Waals surface area contributed by atoms with Gasteiger partial charge in [0, 0.05) is 18.0 Å². The molecule has 106 valence electrons. The molecule has 0 saturated heterocycles. The minimum atomic E-state index is -3.67. The van der Waals surface area contributed by atoms with E-state index in [9.17, 15) is 13.2 Å². The van der Waals surface area contributed by atoms with Crippen LogP contribution in [0, 0.1) is 12.8 Å². The summed E-state index contributed by atoms with van der Waals surface area (Å²) in [5.74, 6) is -1.24. The minimum Gasteiger partial charge on any atom is -0.481 e. The van der Waals surface area contributed by atoms with Gasteiger partial charge in [-0.2, -0.15) is 0 Å². The van der Waals surface area contributed by atoms with Gasteiger partial charge in [-0.1, -0.05) is 24.6 Å². The van der Waals surface area contributed by atoms with Gasteiger partial charge in [-0.15, -0.1) is 0 Å². The molecule has 1 rings (SSSR count). The van der Waals surface area contributed by atoms with Gasteiger partial charge in [0.15, 0.2) is 0 Å². The van der Waals surface area contributed by atoms with E-state index in [2.05, 4.69) is 4.72 Å². The molecular formula is C12H16ClNO4S. The smallest absolute Gasteiger partial charge is 0.303 e. The predicted molar refractivity (Wildman–Crippen MR) is 72.8 cm³/mol. The van der Waals surface area contributed by atoms with E-state index in [1.165, 1.54) is 6.07 Å². The quantitative estimate of drug-likeness (QED) is 0.842. The van der Waals surface area contributed by atoms with Crippen molar-refractivity contribution >= 4 is 27.6 Å². The van der Waals surface area contributed by atoms with Gasteiger partial charge in [-0.05, 0) is 30.5 Å². The number of carboxylic acid groups (broad SMARTS) is 1. The standard InChI is InChI=1S/C12H16ClNO4S/c1-8(5-12(15)16)7-14-19(17,18)11-6-10(13)4-3-9(11)2/h3-4,6,8,14H,5,7H2,1-2H3,(H,15,16). The molecule has 0 amide bonds. The third-order valence-electron chi connectivity index (χ3n) is 2.58. The third-order valence-corrected chi connectivity index (χ3v) is 4.39. The normalized spacial score (nSPS) is 13.2. The molecular weight excluding hydrogens is 290 g/mol. The summed E-state index contributed by atoms with van der Waals surface area (Å²) in [6.07, 6.45) is -0.0863. The Balaban J connectivity index is 2.81. The Labute approximate surface area is 117 Å². The van der Waals surface area contributed by atoms with E-state index in [0.717, 1.165) is 0 Å². The maximum atomic E-state index is 12.1. The van der Waals surface area contributed by atoms with Crippen molar-refractivity contribution in [3.05, 3.63) is 28.8 Å². The number of aliphatic carboxylic acids is 1. The molecule has 0 bridgehead atoms. The van der Waals surface area contributed by atoms with Gasteiger partial charge in [-0.3, -0.25) is 4.79 Å². The molecule has 0 aliphatic rings. The van der Waals surface area contributed by atoms with Crippen LogP contribution in [-0.2, 0) is 14.8 Å². The van der Waals surface area contributed by atoms with Gasteiger partial charge < -0.3 is 5.11 Å². The highest BCUT2D eigenvalue weighted by molar-refractivity contribution is 7.89. The lowest BCUT2D eigenvalue weighted by Crippen LogP contribution is -2.29. The van der Waals surface area contributed by atoms with Gasteiger partial charge in [0.05, 0.1) is 4.90 Å². The Morgan fingerprint density at radius 3 is 2.68 bits per heavy atom. The number of aryl methyl sites for hydroxylation is 1. The Kier molecular flexibility index (Phi) is 5.34. The second kappa shape index (κ2) is 6.36. The fourth-order valence-corrected chi connectivity index (χ4v) is 3.23. The average Bonchev–Trinajstić information content (AvgIpc) is 2.29. The summed E-state index contributed by atoms with van der Waals surface area (Å²) in [5.41, 5.74) is 0.586. The molecule has 1 aromatic rings. The topological polar surface area (TPSA) is 83.5 Å². The largest absolute Gasteiger partial charge is 0.481 e. The highest BCUT2D eigenvalue weighted by Crippen LogP contribution is 2.20. The number of sulfonamides is 1.